The second-order valence-corrected chi connectivity index (χ2v) is 6.49. The Morgan fingerprint density at radius 3 is 2.42 bits per heavy atom. The Hall–Kier alpha value is -0.280. The molecule has 1 aromatic rings. The molecular weight excluding hydrogens is 279 g/mol. The van der Waals surface area contributed by atoms with Crippen molar-refractivity contribution in [2.75, 3.05) is 13.1 Å². The van der Waals surface area contributed by atoms with E-state index in [2.05, 4.69) is 18.7 Å². The van der Waals surface area contributed by atoms with Gasteiger partial charge in [0.05, 0.1) is 0 Å². The molecule has 1 saturated heterocycles. The molecule has 0 saturated carbocycles. The minimum Gasteiger partial charge on any atom is -0.330 e. The van der Waals surface area contributed by atoms with Gasteiger partial charge in [-0.25, -0.2) is 0 Å². The normalized spacial score (nSPS) is 24.9. The molecule has 1 fully saturated rings. The monoisotopic (exact) mass is 300 g/mol. The SMILES string of the molecule is CC(C)N1CCCC(CN)C1c1cc(Cl)cc(Cl)c1. The highest BCUT2D eigenvalue weighted by atomic mass is 35.5. The van der Waals surface area contributed by atoms with E-state index in [0.29, 0.717) is 34.6 Å². The zero-order valence-electron chi connectivity index (χ0n) is 11.6. The first-order valence-electron chi connectivity index (χ1n) is 6.94. The summed E-state index contributed by atoms with van der Waals surface area (Å²) in [5.41, 5.74) is 7.17. The van der Waals surface area contributed by atoms with Crippen molar-refractivity contribution in [2.45, 2.75) is 38.8 Å². The predicted molar refractivity (Wildman–Crippen MR) is 82.8 cm³/mol. The molecule has 106 valence electrons. The fourth-order valence-corrected chi connectivity index (χ4v) is 3.68. The summed E-state index contributed by atoms with van der Waals surface area (Å²) in [7, 11) is 0. The van der Waals surface area contributed by atoms with Gasteiger partial charge in [0.2, 0.25) is 0 Å². The number of nitrogens with two attached hydrogens (primary N) is 1. The maximum Gasteiger partial charge on any atom is 0.0424 e. The van der Waals surface area contributed by atoms with Crippen molar-refractivity contribution in [3.8, 4) is 0 Å². The summed E-state index contributed by atoms with van der Waals surface area (Å²) in [5.74, 6) is 0.477. The van der Waals surface area contributed by atoms with E-state index in [-0.39, 0.29) is 0 Å². The largest absolute Gasteiger partial charge is 0.330 e. The Kier molecular flexibility index (Phi) is 5.13. The number of rotatable bonds is 3. The van der Waals surface area contributed by atoms with Crippen LogP contribution in [0.1, 0.15) is 38.3 Å². The minimum atomic E-state index is 0.329. The summed E-state index contributed by atoms with van der Waals surface area (Å²) in [6.45, 7) is 6.29. The average molecular weight is 301 g/mol. The van der Waals surface area contributed by atoms with Crippen molar-refractivity contribution in [3.63, 3.8) is 0 Å². The van der Waals surface area contributed by atoms with Crippen LogP contribution in [0, 0.1) is 5.92 Å². The van der Waals surface area contributed by atoms with Gasteiger partial charge in [0.15, 0.2) is 0 Å². The molecule has 1 aliphatic heterocycles. The van der Waals surface area contributed by atoms with Gasteiger partial charge in [0.1, 0.15) is 0 Å². The number of likely N-dealkylation sites (tertiary alicyclic amines) is 1. The molecule has 0 aliphatic carbocycles. The summed E-state index contributed by atoms with van der Waals surface area (Å²) in [5, 5.41) is 1.40. The maximum absolute atomic E-state index is 6.15. The van der Waals surface area contributed by atoms with Crippen molar-refractivity contribution < 1.29 is 0 Å². The van der Waals surface area contributed by atoms with Crippen molar-refractivity contribution in [1.29, 1.82) is 0 Å². The molecule has 1 aliphatic rings. The van der Waals surface area contributed by atoms with Crippen LogP contribution in [-0.4, -0.2) is 24.0 Å². The van der Waals surface area contributed by atoms with Crippen LogP contribution in [0.2, 0.25) is 10.0 Å². The van der Waals surface area contributed by atoms with Gasteiger partial charge in [-0.1, -0.05) is 23.2 Å². The lowest BCUT2D eigenvalue weighted by atomic mass is 9.84. The lowest BCUT2D eigenvalue weighted by molar-refractivity contribution is 0.0665. The lowest BCUT2D eigenvalue weighted by Gasteiger charge is -2.43. The summed E-state index contributed by atoms with van der Waals surface area (Å²) < 4.78 is 0. The van der Waals surface area contributed by atoms with Gasteiger partial charge in [-0.3, -0.25) is 4.90 Å². The summed E-state index contributed by atoms with van der Waals surface area (Å²) in [6.07, 6.45) is 2.39. The lowest BCUT2D eigenvalue weighted by Crippen LogP contribution is -2.44. The minimum absolute atomic E-state index is 0.329. The zero-order valence-corrected chi connectivity index (χ0v) is 13.1. The van der Waals surface area contributed by atoms with E-state index in [1.165, 1.54) is 18.4 Å². The predicted octanol–water partition coefficient (Wildman–Crippen LogP) is 4.11. The van der Waals surface area contributed by atoms with E-state index in [0.717, 1.165) is 6.54 Å². The molecule has 2 atom stereocenters. The van der Waals surface area contributed by atoms with Crippen LogP contribution >= 0.6 is 23.2 Å². The first kappa shape index (κ1) is 15.1. The molecule has 0 aromatic heterocycles. The van der Waals surface area contributed by atoms with Crippen molar-refractivity contribution >= 4 is 23.2 Å². The van der Waals surface area contributed by atoms with Crippen LogP contribution in [0.15, 0.2) is 18.2 Å². The topological polar surface area (TPSA) is 29.3 Å². The van der Waals surface area contributed by atoms with Gasteiger partial charge in [-0.2, -0.15) is 0 Å². The van der Waals surface area contributed by atoms with E-state index >= 15 is 0 Å². The molecule has 2 nitrogen and oxygen atoms in total. The second kappa shape index (κ2) is 6.45. The fourth-order valence-electron chi connectivity index (χ4n) is 3.14. The van der Waals surface area contributed by atoms with Gasteiger partial charge in [-0.05, 0) is 69.5 Å². The van der Waals surface area contributed by atoms with Crippen LogP contribution < -0.4 is 5.73 Å². The zero-order chi connectivity index (χ0) is 14.0. The Balaban J connectivity index is 2.39. The standard InChI is InChI=1S/C15H22Cl2N2/c1-10(2)19-5-3-4-11(9-18)15(19)12-6-13(16)8-14(17)7-12/h6-8,10-11,15H,3-5,9,18H2,1-2H3. The van der Waals surface area contributed by atoms with E-state index in [4.69, 9.17) is 28.9 Å². The Bertz CT molecular complexity index is 414. The molecule has 2 unspecified atom stereocenters. The van der Waals surface area contributed by atoms with E-state index in [1.807, 2.05) is 12.1 Å². The number of nitrogens with zero attached hydrogens (tertiary/aromatic N) is 1. The van der Waals surface area contributed by atoms with Crippen molar-refractivity contribution in [3.05, 3.63) is 33.8 Å². The third-order valence-electron chi connectivity index (χ3n) is 3.99. The molecule has 4 heteroatoms. The first-order valence-corrected chi connectivity index (χ1v) is 7.70. The number of piperidine rings is 1. The van der Waals surface area contributed by atoms with Gasteiger partial charge >= 0.3 is 0 Å². The summed E-state index contributed by atoms with van der Waals surface area (Å²) in [4.78, 5) is 2.52. The van der Waals surface area contributed by atoms with Crippen LogP contribution in [0.25, 0.3) is 0 Å². The van der Waals surface area contributed by atoms with E-state index in [9.17, 15) is 0 Å². The third-order valence-corrected chi connectivity index (χ3v) is 4.42. The number of halogens is 2. The Labute approximate surface area is 125 Å². The molecule has 2 N–H and O–H groups in total. The smallest absolute Gasteiger partial charge is 0.0424 e. The average Bonchev–Trinajstić information content (AvgIpc) is 2.36. The molecule has 0 bridgehead atoms. The number of benzene rings is 1. The van der Waals surface area contributed by atoms with Gasteiger partial charge in [0, 0.05) is 22.1 Å². The van der Waals surface area contributed by atoms with Gasteiger partial charge in [-0.15, -0.1) is 0 Å². The van der Waals surface area contributed by atoms with Crippen LogP contribution in [0.4, 0.5) is 0 Å². The first-order chi connectivity index (χ1) is 9.02. The molecule has 1 heterocycles. The van der Waals surface area contributed by atoms with Crippen molar-refractivity contribution in [1.82, 2.24) is 4.90 Å². The molecule has 0 spiro atoms. The maximum atomic E-state index is 6.15. The van der Waals surface area contributed by atoms with Crippen molar-refractivity contribution in [2.24, 2.45) is 11.7 Å². The molecular formula is C15H22Cl2N2. The van der Waals surface area contributed by atoms with Crippen LogP contribution in [0.3, 0.4) is 0 Å². The second-order valence-electron chi connectivity index (χ2n) is 5.62. The molecule has 0 amide bonds. The quantitative estimate of drug-likeness (QED) is 0.910. The van der Waals surface area contributed by atoms with E-state index < -0.39 is 0 Å². The summed E-state index contributed by atoms with van der Waals surface area (Å²) >= 11 is 12.3. The molecule has 1 aromatic carbocycles. The van der Waals surface area contributed by atoms with Gasteiger partial charge in [0.25, 0.3) is 0 Å². The van der Waals surface area contributed by atoms with E-state index in [1.54, 1.807) is 6.07 Å². The number of hydrogen-bond donors (Lipinski definition) is 1. The highest BCUT2D eigenvalue weighted by Crippen LogP contribution is 2.38. The molecule has 2 rings (SSSR count). The highest BCUT2D eigenvalue weighted by Gasteiger charge is 2.33. The van der Waals surface area contributed by atoms with Gasteiger partial charge < -0.3 is 5.73 Å². The van der Waals surface area contributed by atoms with Crippen LogP contribution in [0.5, 0.6) is 0 Å². The highest BCUT2D eigenvalue weighted by molar-refractivity contribution is 6.34. The third kappa shape index (κ3) is 3.43. The fraction of sp³-hybridized carbons (Fsp3) is 0.600. The molecule has 19 heavy (non-hydrogen) atoms. The number of hydrogen-bond acceptors (Lipinski definition) is 2. The van der Waals surface area contributed by atoms with Crippen LogP contribution in [-0.2, 0) is 0 Å². The molecule has 0 radical (unpaired) electrons. The Morgan fingerprint density at radius 2 is 1.89 bits per heavy atom. The Morgan fingerprint density at radius 1 is 1.26 bits per heavy atom. The summed E-state index contributed by atoms with van der Waals surface area (Å²) in [6, 6.07) is 6.67.